The summed E-state index contributed by atoms with van der Waals surface area (Å²) < 4.78 is 0. The summed E-state index contributed by atoms with van der Waals surface area (Å²) in [6.45, 7) is 4.19. The van der Waals surface area contributed by atoms with Crippen LogP contribution < -0.4 is 5.32 Å². The molecule has 4 heteroatoms. The molecule has 0 fully saturated rings. The number of carbonyl (C=O) groups excluding carboxylic acids is 1. The van der Waals surface area contributed by atoms with Gasteiger partial charge in [-0.3, -0.25) is 4.79 Å². The third-order valence-corrected chi connectivity index (χ3v) is 2.33. The maximum absolute atomic E-state index is 11.2. The molecule has 1 amide bonds. The summed E-state index contributed by atoms with van der Waals surface area (Å²) in [5.74, 6) is 0.773. The van der Waals surface area contributed by atoms with Gasteiger partial charge in [0.15, 0.2) is 0 Å². The molecule has 0 aromatic heterocycles. The minimum absolute atomic E-state index is 0.00480. The molecule has 1 unspecified atom stereocenters. The van der Waals surface area contributed by atoms with Gasteiger partial charge in [0.25, 0.3) is 0 Å². The minimum Gasteiger partial charge on any atom is -0.391 e. The number of amides is 1. The van der Waals surface area contributed by atoms with E-state index < -0.39 is 6.10 Å². The molecular weight excluding hydrogens is 202 g/mol. The van der Waals surface area contributed by atoms with E-state index in [0.717, 1.165) is 12.8 Å². The zero-order chi connectivity index (χ0) is 11.0. The highest BCUT2D eigenvalue weighted by Crippen LogP contribution is 2.00. The summed E-state index contributed by atoms with van der Waals surface area (Å²) >= 11 is 5.48. The second kappa shape index (κ2) is 8.06. The number of hydrogen-bond acceptors (Lipinski definition) is 2. The molecule has 2 N–H and O–H groups in total. The number of alkyl halides is 1. The molecule has 0 aliphatic rings. The normalized spacial score (nSPS) is 12.9. The van der Waals surface area contributed by atoms with Crippen LogP contribution in [0.1, 0.15) is 33.1 Å². The number of aliphatic hydroxyl groups excluding tert-OH is 1. The van der Waals surface area contributed by atoms with Crippen LogP contribution in [-0.2, 0) is 4.79 Å². The van der Waals surface area contributed by atoms with Crippen LogP contribution in [0.2, 0.25) is 0 Å². The summed E-state index contributed by atoms with van der Waals surface area (Å²) in [5, 5.41) is 12.1. The lowest BCUT2D eigenvalue weighted by molar-refractivity contribution is -0.121. The fourth-order valence-electron chi connectivity index (χ4n) is 0.923. The third kappa shape index (κ3) is 7.15. The molecule has 0 aromatic carbocycles. The van der Waals surface area contributed by atoms with E-state index in [2.05, 4.69) is 5.32 Å². The fraction of sp³-hybridized carbons (Fsp3) is 0.900. The fourth-order valence-corrected chi connectivity index (χ4v) is 1.11. The highest BCUT2D eigenvalue weighted by atomic mass is 35.5. The lowest BCUT2D eigenvalue weighted by Crippen LogP contribution is -2.34. The molecule has 0 rings (SSSR count). The van der Waals surface area contributed by atoms with Crippen molar-refractivity contribution in [3.05, 3.63) is 0 Å². The molecule has 14 heavy (non-hydrogen) atoms. The van der Waals surface area contributed by atoms with Gasteiger partial charge in [0.2, 0.25) is 5.91 Å². The largest absolute Gasteiger partial charge is 0.391 e. The van der Waals surface area contributed by atoms with E-state index in [-0.39, 0.29) is 11.8 Å². The van der Waals surface area contributed by atoms with Crippen LogP contribution in [0, 0.1) is 5.92 Å². The molecule has 1 atom stereocenters. The number of carbonyl (C=O) groups is 1. The smallest absolute Gasteiger partial charge is 0.220 e. The molecule has 0 spiro atoms. The van der Waals surface area contributed by atoms with Crippen molar-refractivity contribution in [1.82, 2.24) is 5.32 Å². The SMILES string of the molecule is CC(C)C(O)CNC(=O)CCCCCl. The molecule has 0 heterocycles. The van der Waals surface area contributed by atoms with Gasteiger partial charge in [-0.1, -0.05) is 13.8 Å². The van der Waals surface area contributed by atoms with Gasteiger partial charge in [0, 0.05) is 18.8 Å². The average Bonchev–Trinajstić information content (AvgIpc) is 2.14. The Hall–Kier alpha value is -0.280. The first-order valence-electron chi connectivity index (χ1n) is 5.08. The van der Waals surface area contributed by atoms with Gasteiger partial charge < -0.3 is 10.4 Å². The number of hydrogen-bond donors (Lipinski definition) is 2. The number of unbranched alkanes of at least 4 members (excludes halogenated alkanes) is 1. The van der Waals surface area contributed by atoms with Crippen LogP contribution in [0.4, 0.5) is 0 Å². The first-order chi connectivity index (χ1) is 6.57. The van der Waals surface area contributed by atoms with E-state index >= 15 is 0 Å². The van der Waals surface area contributed by atoms with E-state index in [4.69, 9.17) is 11.6 Å². The standard InChI is InChI=1S/C10H20ClNO2/c1-8(2)9(13)7-12-10(14)5-3-4-6-11/h8-9,13H,3-7H2,1-2H3,(H,12,14). The summed E-state index contributed by atoms with van der Waals surface area (Å²) in [6, 6.07) is 0. The molecule has 0 saturated carbocycles. The topological polar surface area (TPSA) is 49.3 Å². The van der Waals surface area contributed by atoms with E-state index in [1.807, 2.05) is 13.8 Å². The van der Waals surface area contributed by atoms with E-state index in [0.29, 0.717) is 18.8 Å². The molecule has 84 valence electrons. The zero-order valence-corrected chi connectivity index (χ0v) is 9.68. The molecular formula is C10H20ClNO2. The van der Waals surface area contributed by atoms with Crippen molar-refractivity contribution < 1.29 is 9.90 Å². The predicted molar refractivity (Wildman–Crippen MR) is 58.4 cm³/mol. The molecule has 0 radical (unpaired) electrons. The summed E-state index contributed by atoms with van der Waals surface area (Å²) in [4.78, 5) is 11.2. The van der Waals surface area contributed by atoms with Gasteiger partial charge >= 0.3 is 0 Å². The van der Waals surface area contributed by atoms with Crippen molar-refractivity contribution >= 4 is 17.5 Å². The zero-order valence-electron chi connectivity index (χ0n) is 8.92. The predicted octanol–water partition coefficient (Wildman–Crippen LogP) is 1.53. The van der Waals surface area contributed by atoms with E-state index in [9.17, 15) is 9.90 Å². The van der Waals surface area contributed by atoms with Crippen LogP contribution in [0.3, 0.4) is 0 Å². The van der Waals surface area contributed by atoms with E-state index in [1.54, 1.807) is 0 Å². The first kappa shape index (κ1) is 13.7. The third-order valence-electron chi connectivity index (χ3n) is 2.07. The lowest BCUT2D eigenvalue weighted by Gasteiger charge is -2.14. The Morgan fingerprint density at radius 2 is 2.07 bits per heavy atom. The minimum atomic E-state index is -0.452. The number of nitrogens with one attached hydrogen (secondary N) is 1. The van der Waals surface area contributed by atoms with Crippen molar-refractivity contribution in [3.63, 3.8) is 0 Å². The second-order valence-corrected chi connectivity index (χ2v) is 4.14. The quantitative estimate of drug-likeness (QED) is 0.506. The van der Waals surface area contributed by atoms with Gasteiger partial charge in [0.1, 0.15) is 0 Å². The van der Waals surface area contributed by atoms with Crippen molar-refractivity contribution in [2.45, 2.75) is 39.2 Å². The van der Waals surface area contributed by atoms with E-state index in [1.165, 1.54) is 0 Å². The Morgan fingerprint density at radius 1 is 1.43 bits per heavy atom. The number of halogens is 1. The van der Waals surface area contributed by atoms with Gasteiger partial charge in [-0.15, -0.1) is 11.6 Å². The number of aliphatic hydroxyl groups is 1. The molecule has 0 aliphatic carbocycles. The van der Waals surface area contributed by atoms with Gasteiger partial charge in [0.05, 0.1) is 6.10 Å². The molecule has 0 aromatic rings. The maximum Gasteiger partial charge on any atom is 0.220 e. The van der Waals surface area contributed by atoms with Gasteiger partial charge in [-0.2, -0.15) is 0 Å². The van der Waals surface area contributed by atoms with Crippen LogP contribution in [-0.4, -0.2) is 29.5 Å². The van der Waals surface area contributed by atoms with Crippen molar-refractivity contribution in [2.75, 3.05) is 12.4 Å². The molecule has 0 saturated heterocycles. The first-order valence-corrected chi connectivity index (χ1v) is 5.62. The molecule has 0 aliphatic heterocycles. The summed E-state index contributed by atoms with van der Waals surface area (Å²) in [5.41, 5.74) is 0. The highest BCUT2D eigenvalue weighted by molar-refractivity contribution is 6.17. The van der Waals surface area contributed by atoms with Crippen molar-refractivity contribution in [2.24, 2.45) is 5.92 Å². The number of rotatable bonds is 7. The van der Waals surface area contributed by atoms with Gasteiger partial charge in [-0.25, -0.2) is 0 Å². The van der Waals surface area contributed by atoms with Crippen LogP contribution in [0.5, 0.6) is 0 Å². The Kier molecular flexibility index (Phi) is 7.90. The second-order valence-electron chi connectivity index (χ2n) is 3.76. The summed E-state index contributed by atoms with van der Waals surface area (Å²) in [6.07, 6.45) is 1.72. The summed E-state index contributed by atoms with van der Waals surface area (Å²) in [7, 11) is 0. The Balaban J connectivity index is 3.44. The molecule has 3 nitrogen and oxygen atoms in total. The Labute approximate surface area is 90.8 Å². The van der Waals surface area contributed by atoms with Gasteiger partial charge in [-0.05, 0) is 18.8 Å². The van der Waals surface area contributed by atoms with Crippen LogP contribution in [0.25, 0.3) is 0 Å². The Bertz CT molecular complexity index is 162. The molecule has 0 bridgehead atoms. The van der Waals surface area contributed by atoms with Crippen LogP contribution >= 0.6 is 11.6 Å². The van der Waals surface area contributed by atoms with Crippen LogP contribution in [0.15, 0.2) is 0 Å². The van der Waals surface area contributed by atoms with Crippen molar-refractivity contribution in [1.29, 1.82) is 0 Å². The monoisotopic (exact) mass is 221 g/mol. The van der Waals surface area contributed by atoms with Crippen molar-refractivity contribution in [3.8, 4) is 0 Å². The maximum atomic E-state index is 11.2. The average molecular weight is 222 g/mol. The Morgan fingerprint density at radius 3 is 2.57 bits per heavy atom. The lowest BCUT2D eigenvalue weighted by atomic mass is 10.1. The highest BCUT2D eigenvalue weighted by Gasteiger charge is 2.10.